The van der Waals surface area contributed by atoms with Crippen LogP contribution in [-0.2, 0) is 0 Å². The van der Waals surface area contributed by atoms with Crippen LogP contribution in [0.15, 0.2) is 540 Å². The summed E-state index contributed by atoms with van der Waals surface area (Å²) in [6.07, 6.45) is 0. The van der Waals surface area contributed by atoms with E-state index in [1.165, 1.54) is 54.9 Å². The maximum atomic E-state index is 2.64. The van der Waals surface area contributed by atoms with Gasteiger partial charge in [-0.25, -0.2) is 0 Å². The molecule has 0 fully saturated rings. The van der Waals surface area contributed by atoms with Gasteiger partial charge in [0, 0.05) is 136 Å². The molecule has 6 aliphatic rings. The van der Waals surface area contributed by atoms with Crippen LogP contribution in [0.25, 0.3) is 55.6 Å². The molecule has 0 aromatic heterocycles. The fraction of sp³-hybridized carbons (Fsp3) is 0. The van der Waals surface area contributed by atoms with Crippen LogP contribution in [0.3, 0.4) is 0 Å². The van der Waals surface area contributed by atoms with Gasteiger partial charge >= 0.3 is 0 Å². The standard InChI is InChI=1S/C132H89B3N8/c1-11-42-92(43-12-1)106-62-39-63-107(93-44-13-2-14-45-93)131(106)142-118-72-37-33-68-112(118)133-113-69-34-38-73-119(113)143(121-75-41-74-120(142)128(121)133)132-108(94-46-15-3-16-47-94)64-40-65-109(132)95-78-76-90(77-79-95)91-80-82-103(83-81-91)137(98-52-21-6-22-53-98)105-85-125-130-127(87-105)141(102-60-29-10-30-61-102)123-89-122-114(88-115(123)135(130)111-67-32-36-71-117(111)139(125)100-56-25-8-26-57-100)134-110-66-31-35-70-116(110)138(99-54-23-7-24-55-99)124-84-104(86-126(129(124)134)140(122)101-58-27-9-28-59-101)136(96-48-17-4-18-49-96)97-50-19-5-20-51-97/h1-89H. The number of rotatable bonds is 17. The average Bonchev–Trinajstić information content (AvgIpc) is 0.680. The molecule has 0 aliphatic carbocycles. The van der Waals surface area contributed by atoms with Crippen molar-refractivity contribution in [1.29, 1.82) is 0 Å². The zero-order valence-electron chi connectivity index (χ0n) is 78.2. The molecule has 22 aromatic rings. The zero-order chi connectivity index (χ0) is 94.1. The largest absolute Gasteiger partial charge is 0.311 e. The van der Waals surface area contributed by atoms with Crippen molar-refractivity contribution >= 4 is 206 Å². The van der Waals surface area contributed by atoms with Crippen LogP contribution in [0.4, 0.5) is 136 Å². The highest BCUT2D eigenvalue weighted by molar-refractivity contribution is 7.03. The first kappa shape index (κ1) is 82.7. The minimum atomic E-state index is -0.230. The minimum Gasteiger partial charge on any atom is -0.311 e. The van der Waals surface area contributed by atoms with Crippen molar-refractivity contribution < 1.29 is 0 Å². The van der Waals surface area contributed by atoms with Crippen LogP contribution in [0, 0.1) is 0 Å². The van der Waals surface area contributed by atoms with E-state index >= 15 is 0 Å². The quantitative estimate of drug-likeness (QED) is 0.0832. The molecular weight excluding hydrogens is 1730 g/mol. The van der Waals surface area contributed by atoms with E-state index < -0.39 is 0 Å². The second-order valence-electron chi connectivity index (χ2n) is 37.7. The molecule has 143 heavy (non-hydrogen) atoms. The first-order valence-electron chi connectivity index (χ1n) is 49.5. The summed E-state index contributed by atoms with van der Waals surface area (Å²) >= 11 is 0. The summed E-state index contributed by atoms with van der Waals surface area (Å²) in [6.45, 7) is -0.505. The van der Waals surface area contributed by atoms with Gasteiger partial charge in [0.2, 0.25) is 0 Å². The molecule has 0 N–H and O–H groups in total. The third-order valence-electron chi connectivity index (χ3n) is 29.9. The van der Waals surface area contributed by atoms with Gasteiger partial charge in [0.05, 0.1) is 22.7 Å². The van der Waals surface area contributed by atoms with Crippen molar-refractivity contribution in [2.75, 3.05) is 39.2 Å². The summed E-state index contributed by atoms with van der Waals surface area (Å²) in [5, 5.41) is 0. The minimum absolute atomic E-state index is 0.0727. The monoisotopic (exact) mass is 1820 g/mol. The third kappa shape index (κ3) is 13.5. The molecule has 6 heterocycles. The number of hydrogen-bond acceptors (Lipinski definition) is 8. The highest BCUT2D eigenvalue weighted by Gasteiger charge is 2.51. The number of benzene rings is 22. The maximum absolute atomic E-state index is 2.64. The molecule has 11 heteroatoms. The molecule has 8 nitrogen and oxygen atoms in total. The van der Waals surface area contributed by atoms with Crippen molar-refractivity contribution in [3.63, 3.8) is 0 Å². The molecule has 666 valence electrons. The van der Waals surface area contributed by atoms with Crippen LogP contribution in [0.1, 0.15) is 0 Å². The van der Waals surface area contributed by atoms with E-state index in [1.807, 2.05) is 0 Å². The molecule has 0 bridgehead atoms. The van der Waals surface area contributed by atoms with E-state index in [2.05, 4.69) is 579 Å². The van der Waals surface area contributed by atoms with Crippen molar-refractivity contribution in [2.24, 2.45) is 0 Å². The zero-order valence-corrected chi connectivity index (χ0v) is 78.2. The van der Waals surface area contributed by atoms with Gasteiger partial charge in [-0.05, 0) is 246 Å². The van der Waals surface area contributed by atoms with Gasteiger partial charge < -0.3 is 39.2 Å². The molecule has 0 saturated heterocycles. The normalized spacial score (nSPS) is 12.9. The van der Waals surface area contributed by atoms with Crippen molar-refractivity contribution in [1.82, 2.24) is 0 Å². The Morgan fingerprint density at radius 3 is 0.678 bits per heavy atom. The third-order valence-corrected chi connectivity index (χ3v) is 29.9. The maximum Gasteiger partial charge on any atom is 0.252 e. The molecule has 0 saturated carbocycles. The predicted molar refractivity (Wildman–Crippen MR) is 605 cm³/mol. The fourth-order valence-electron chi connectivity index (χ4n) is 24.0. The molecule has 28 rings (SSSR count). The highest BCUT2D eigenvalue weighted by Crippen LogP contribution is 2.57. The Hall–Kier alpha value is -18.6. The molecule has 0 unspecified atom stereocenters. The smallest absolute Gasteiger partial charge is 0.252 e. The van der Waals surface area contributed by atoms with E-state index in [0.29, 0.717) is 0 Å². The summed E-state index contributed by atoms with van der Waals surface area (Å²) in [7, 11) is 0. The summed E-state index contributed by atoms with van der Waals surface area (Å²) in [5.74, 6) is 0. The lowest BCUT2D eigenvalue weighted by atomic mass is 9.30. The van der Waals surface area contributed by atoms with E-state index in [9.17, 15) is 0 Å². The topological polar surface area (TPSA) is 25.9 Å². The van der Waals surface area contributed by atoms with Gasteiger partial charge in [-0.1, -0.05) is 376 Å². The Labute approximate surface area is 834 Å². The Balaban J connectivity index is 0.602. The van der Waals surface area contributed by atoms with Crippen LogP contribution < -0.4 is 88.4 Å². The summed E-state index contributed by atoms with van der Waals surface area (Å²) < 4.78 is 0. The van der Waals surface area contributed by atoms with Crippen molar-refractivity contribution in [3.05, 3.63) is 540 Å². The Bertz CT molecular complexity index is 8580. The molecule has 0 amide bonds. The first-order chi connectivity index (χ1) is 71.0. The molecule has 6 aliphatic heterocycles. The first-order valence-corrected chi connectivity index (χ1v) is 49.5. The number of para-hydroxylation sites is 13. The molecular formula is C132H89B3N8. The van der Waals surface area contributed by atoms with Gasteiger partial charge in [-0.15, -0.1) is 0 Å². The summed E-state index contributed by atoms with van der Waals surface area (Å²) in [4.78, 5) is 20.3. The predicted octanol–water partition coefficient (Wildman–Crippen LogP) is 29.2. The van der Waals surface area contributed by atoms with Crippen LogP contribution in [0.5, 0.6) is 0 Å². The SMILES string of the molecule is c1ccc(-c2cccc(-c3ccccc3)c2N2c3ccccc3B3c4ccccc4N(c4c(-c5ccccc5)cccc4-c4ccc(-c5ccc(N(c6ccccc6)c6cc7c8c(c6)N(c6ccccc6)c6cc9c(cc6B8c6ccccc6N7c6ccccc6)B6c7ccccc7N(c7ccccc7)c7cc(N(c8ccccc8)c8ccccc8)cc(c76)N9c6ccccc6)cc5)cc4)c4cccc2c43)cc1. The van der Waals surface area contributed by atoms with Gasteiger partial charge in [0.1, 0.15) is 0 Å². The fourth-order valence-corrected chi connectivity index (χ4v) is 24.0. The Morgan fingerprint density at radius 2 is 0.357 bits per heavy atom. The lowest BCUT2D eigenvalue weighted by Crippen LogP contribution is -2.65. The van der Waals surface area contributed by atoms with E-state index in [0.717, 1.165) is 186 Å². The Kier molecular flexibility index (Phi) is 19.8. The lowest BCUT2D eigenvalue weighted by molar-refractivity contribution is 1.21. The van der Waals surface area contributed by atoms with Gasteiger partial charge in [-0.2, -0.15) is 0 Å². The second kappa shape index (κ2) is 34.2. The number of nitrogens with zero attached hydrogens (tertiary/aromatic N) is 8. The number of fused-ring (bicyclic) bond motifs is 12. The van der Waals surface area contributed by atoms with E-state index in [4.69, 9.17) is 0 Å². The second-order valence-corrected chi connectivity index (χ2v) is 37.7. The van der Waals surface area contributed by atoms with Gasteiger partial charge in [0.15, 0.2) is 0 Å². The number of anilines is 24. The highest BCUT2D eigenvalue weighted by atomic mass is 15.2. The molecule has 0 atom stereocenters. The molecule has 0 spiro atoms. The van der Waals surface area contributed by atoms with E-state index in [-0.39, 0.29) is 20.1 Å². The Morgan fingerprint density at radius 1 is 0.133 bits per heavy atom. The van der Waals surface area contributed by atoms with Crippen molar-refractivity contribution in [3.8, 4) is 55.6 Å². The van der Waals surface area contributed by atoms with Gasteiger partial charge in [-0.3, -0.25) is 0 Å². The lowest BCUT2D eigenvalue weighted by Gasteiger charge is -2.47. The van der Waals surface area contributed by atoms with Crippen molar-refractivity contribution in [2.45, 2.75) is 0 Å². The van der Waals surface area contributed by atoms with Crippen LogP contribution >= 0.6 is 0 Å². The van der Waals surface area contributed by atoms with Crippen LogP contribution in [-0.4, -0.2) is 20.1 Å². The van der Waals surface area contributed by atoms with Gasteiger partial charge in [0.25, 0.3) is 20.1 Å². The molecule has 22 aromatic carbocycles. The average molecular weight is 1820 g/mol. The molecule has 0 radical (unpaired) electrons. The van der Waals surface area contributed by atoms with E-state index in [1.54, 1.807) is 0 Å². The summed E-state index contributed by atoms with van der Waals surface area (Å²) in [6, 6.07) is 201. The summed E-state index contributed by atoms with van der Waals surface area (Å²) in [5.41, 5.74) is 48.9. The van der Waals surface area contributed by atoms with Crippen LogP contribution in [0.2, 0.25) is 0 Å². The number of hydrogen-bond donors (Lipinski definition) is 0.